The molecule has 0 bridgehead atoms. The van der Waals surface area contributed by atoms with Crippen molar-refractivity contribution in [2.75, 3.05) is 32.1 Å². The molecular formula is C21H23ClN2O3. The average Bonchev–Trinajstić information content (AvgIpc) is 3.20. The van der Waals surface area contributed by atoms with E-state index in [0.717, 1.165) is 11.3 Å². The molecule has 0 aliphatic carbocycles. The fourth-order valence-corrected chi connectivity index (χ4v) is 3.62. The van der Waals surface area contributed by atoms with E-state index in [-0.39, 0.29) is 17.6 Å². The summed E-state index contributed by atoms with van der Waals surface area (Å²) in [5.41, 5.74) is 2.42. The molecule has 1 saturated heterocycles. The molecule has 1 amide bonds. The molecule has 2 heterocycles. The number of hydrogen-bond acceptors (Lipinski definition) is 4. The van der Waals surface area contributed by atoms with Gasteiger partial charge in [-0.25, -0.2) is 0 Å². The second-order valence-electron chi connectivity index (χ2n) is 6.91. The van der Waals surface area contributed by atoms with Gasteiger partial charge in [-0.05, 0) is 42.7 Å². The van der Waals surface area contributed by atoms with E-state index in [2.05, 4.69) is 0 Å². The molecule has 0 spiro atoms. The summed E-state index contributed by atoms with van der Waals surface area (Å²) in [4.78, 5) is 28.5. The van der Waals surface area contributed by atoms with Gasteiger partial charge in [0.25, 0.3) is 0 Å². The van der Waals surface area contributed by atoms with Crippen LogP contribution in [0.3, 0.4) is 0 Å². The summed E-state index contributed by atoms with van der Waals surface area (Å²) in [5, 5.41) is 0.646. The zero-order valence-electron chi connectivity index (χ0n) is 15.5. The van der Waals surface area contributed by atoms with Crippen molar-refractivity contribution in [3.8, 4) is 0 Å². The zero-order valence-corrected chi connectivity index (χ0v) is 16.3. The number of anilines is 1. The lowest BCUT2D eigenvalue weighted by molar-refractivity contribution is -0.127. The highest BCUT2D eigenvalue weighted by molar-refractivity contribution is 6.33. The van der Waals surface area contributed by atoms with Crippen molar-refractivity contribution in [2.45, 2.75) is 12.8 Å². The van der Waals surface area contributed by atoms with Gasteiger partial charge >= 0.3 is 0 Å². The number of carbonyl (C=O) groups excluding carboxylic acids is 2. The lowest BCUT2D eigenvalue weighted by atomic mass is 9.90. The summed E-state index contributed by atoms with van der Waals surface area (Å²) in [6.45, 7) is 1.16. The summed E-state index contributed by atoms with van der Waals surface area (Å²) in [7, 11) is 3.86. The Morgan fingerprint density at radius 1 is 1.22 bits per heavy atom. The van der Waals surface area contributed by atoms with E-state index in [1.807, 2.05) is 37.2 Å². The van der Waals surface area contributed by atoms with Crippen LogP contribution in [-0.4, -0.2) is 43.8 Å². The molecule has 0 unspecified atom stereocenters. The Hall–Kier alpha value is -2.53. The normalized spacial score (nSPS) is 15.3. The van der Waals surface area contributed by atoms with Crippen molar-refractivity contribution < 1.29 is 14.0 Å². The largest absolute Gasteiger partial charge is 0.472 e. The first kappa shape index (κ1) is 19.2. The third-order valence-corrected chi connectivity index (χ3v) is 5.16. The van der Waals surface area contributed by atoms with Gasteiger partial charge in [0.2, 0.25) is 5.91 Å². The predicted octanol–water partition coefficient (Wildman–Crippen LogP) is 4.13. The van der Waals surface area contributed by atoms with Crippen molar-refractivity contribution >= 4 is 35.1 Å². The van der Waals surface area contributed by atoms with Gasteiger partial charge in [-0.15, -0.1) is 0 Å². The van der Waals surface area contributed by atoms with Crippen LogP contribution in [0.4, 0.5) is 5.69 Å². The van der Waals surface area contributed by atoms with Crippen LogP contribution < -0.4 is 4.90 Å². The minimum atomic E-state index is -0.0481. The number of amides is 1. The Kier molecular flexibility index (Phi) is 6.01. The van der Waals surface area contributed by atoms with E-state index < -0.39 is 0 Å². The quantitative estimate of drug-likeness (QED) is 0.572. The molecule has 0 saturated carbocycles. The fourth-order valence-electron chi connectivity index (χ4n) is 3.26. The number of furan rings is 1. The Labute approximate surface area is 164 Å². The third-order valence-electron chi connectivity index (χ3n) is 4.86. The second kappa shape index (κ2) is 8.44. The number of benzene rings is 1. The van der Waals surface area contributed by atoms with E-state index in [4.69, 9.17) is 16.0 Å². The molecule has 1 aromatic carbocycles. The van der Waals surface area contributed by atoms with Crippen molar-refractivity contribution in [1.82, 2.24) is 4.90 Å². The van der Waals surface area contributed by atoms with Gasteiger partial charge in [0, 0.05) is 39.2 Å². The van der Waals surface area contributed by atoms with Gasteiger partial charge in [-0.3, -0.25) is 9.59 Å². The summed E-state index contributed by atoms with van der Waals surface area (Å²) in [6, 6.07) is 7.39. The third kappa shape index (κ3) is 4.61. The number of halogens is 1. The molecule has 142 valence electrons. The zero-order chi connectivity index (χ0) is 19.4. The van der Waals surface area contributed by atoms with Crippen LogP contribution in [0.1, 0.15) is 28.8 Å². The highest BCUT2D eigenvalue weighted by Crippen LogP contribution is 2.26. The Morgan fingerprint density at radius 3 is 2.56 bits per heavy atom. The summed E-state index contributed by atoms with van der Waals surface area (Å²) < 4.78 is 4.98. The number of rotatable bonds is 5. The molecule has 5 nitrogen and oxygen atoms in total. The number of ketones is 1. The number of piperidine rings is 1. The van der Waals surface area contributed by atoms with Crippen LogP contribution in [0.2, 0.25) is 5.02 Å². The lowest BCUT2D eigenvalue weighted by Crippen LogP contribution is -2.39. The van der Waals surface area contributed by atoms with Gasteiger partial charge in [0.15, 0.2) is 5.78 Å². The average molecular weight is 387 g/mol. The molecule has 6 heteroatoms. The standard InChI is InChI=1S/C21H23ClN2O3/c1-23(2)19-5-3-15(13-18(19)22)4-6-20(25)24-10-7-16(8-11-24)21(26)17-9-12-27-14-17/h3-6,9,12-14,16H,7-8,10-11H2,1-2H3. The molecule has 1 aliphatic rings. The first-order chi connectivity index (χ1) is 13.0. The van der Waals surface area contributed by atoms with Crippen LogP contribution in [0.5, 0.6) is 0 Å². The highest BCUT2D eigenvalue weighted by atomic mass is 35.5. The molecule has 1 aliphatic heterocycles. The first-order valence-electron chi connectivity index (χ1n) is 8.96. The van der Waals surface area contributed by atoms with Crippen molar-refractivity contribution in [2.24, 2.45) is 5.92 Å². The second-order valence-corrected chi connectivity index (χ2v) is 7.32. The van der Waals surface area contributed by atoms with E-state index in [1.54, 1.807) is 23.1 Å². The fraction of sp³-hybridized carbons (Fsp3) is 0.333. The first-order valence-corrected chi connectivity index (χ1v) is 9.34. The Balaban J connectivity index is 1.56. The molecule has 27 heavy (non-hydrogen) atoms. The SMILES string of the molecule is CN(C)c1ccc(C=CC(=O)N2CCC(C(=O)c3ccoc3)CC2)cc1Cl. The number of nitrogens with zero attached hydrogens (tertiary/aromatic N) is 2. The molecule has 3 rings (SSSR count). The van der Waals surface area contributed by atoms with Crippen LogP contribution in [0, 0.1) is 5.92 Å². The molecule has 1 aromatic heterocycles. The van der Waals surface area contributed by atoms with Gasteiger partial charge in [-0.1, -0.05) is 17.7 Å². The van der Waals surface area contributed by atoms with E-state index in [0.29, 0.717) is 36.5 Å². The predicted molar refractivity (Wildman–Crippen MR) is 107 cm³/mol. The van der Waals surface area contributed by atoms with Gasteiger partial charge in [0.05, 0.1) is 22.5 Å². The lowest BCUT2D eigenvalue weighted by Gasteiger charge is -2.30. The van der Waals surface area contributed by atoms with Crippen LogP contribution in [-0.2, 0) is 4.79 Å². The van der Waals surface area contributed by atoms with Crippen LogP contribution in [0.15, 0.2) is 47.3 Å². The van der Waals surface area contributed by atoms with Gasteiger partial charge in [0.1, 0.15) is 6.26 Å². The molecular weight excluding hydrogens is 364 g/mol. The maximum absolute atomic E-state index is 12.4. The van der Waals surface area contributed by atoms with E-state index in [1.165, 1.54) is 12.5 Å². The van der Waals surface area contributed by atoms with E-state index >= 15 is 0 Å². The highest BCUT2D eigenvalue weighted by Gasteiger charge is 2.27. The summed E-state index contributed by atoms with van der Waals surface area (Å²) >= 11 is 6.27. The molecule has 0 atom stereocenters. The van der Waals surface area contributed by atoms with Crippen molar-refractivity contribution in [1.29, 1.82) is 0 Å². The number of carbonyl (C=O) groups is 2. The van der Waals surface area contributed by atoms with Crippen LogP contribution >= 0.6 is 11.6 Å². The van der Waals surface area contributed by atoms with Gasteiger partial charge in [-0.2, -0.15) is 0 Å². The minimum absolute atomic E-state index is 0.0444. The number of hydrogen-bond donors (Lipinski definition) is 0. The minimum Gasteiger partial charge on any atom is -0.472 e. The Morgan fingerprint density at radius 2 is 1.96 bits per heavy atom. The molecule has 1 fully saturated rings. The summed E-state index contributed by atoms with van der Waals surface area (Å²) in [6.07, 6.45) is 7.68. The maximum atomic E-state index is 12.4. The maximum Gasteiger partial charge on any atom is 0.246 e. The topological polar surface area (TPSA) is 53.8 Å². The molecule has 2 aromatic rings. The van der Waals surface area contributed by atoms with E-state index in [9.17, 15) is 9.59 Å². The number of likely N-dealkylation sites (tertiary alicyclic amines) is 1. The van der Waals surface area contributed by atoms with Gasteiger partial charge < -0.3 is 14.2 Å². The smallest absolute Gasteiger partial charge is 0.246 e. The monoisotopic (exact) mass is 386 g/mol. The number of Topliss-reactive ketones (excluding diaryl/α,β-unsaturated/α-hetero) is 1. The van der Waals surface area contributed by atoms with Crippen LogP contribution in [0.25, 0.3) is 6.08 Å². The molecule has 0 N–H and O–H groups in total. The molecule has 0 radical (unpaired) electrons. The van der Waals surface area contributed by atoms with Crippen molar-refractivity contribution in [3.63, 3.8) is 0 Å². The van der Waals surface area contributed by atoms with Crippen molar-refractivity contribution in [3.05, 3.63) is 59.0 Å². The summed E-state index contributed by atoms with van der Waals surface area (Å²) in [5.74, 6) is 0.00653. The Bertz CT molecular complexity index is 835.